The third kappa shape index (κ3) is 3.74. The van der Waals surface area contributed by atoms with Gasteiger partial charge in [-0.05, 0) is 42.3 Å². The lowest BCUT2D eigenvalue weighted by molar-refractivity contribution is 0.340. The van der Waals surface area contributed by atoms with Crippen LogP contribution in [0.1, 0.15) is 22.9 Å². The Balaban J connectivity index is 2.25. The molecule has 1 unspecified atom stereocenters. The maximum Gasteiger partial charge on any atom is 0.119 e. The van der Waals surface area contributed by atoms with Gasteiger partial charge in [0.1, 0.15) is 5.75 Å². The normalized spacial score (nSPS) is 12.2. The van der Waals surface area contributed by atoms with E-state index in [1.807, 2.05) is 49.4 Å². The Hall–Kier alpha value is -0.510. The molecule has 0 N–H and O–H groups in total. The Morgan fingerprint density at radius 3 is 2.42 bits per heavy atom. The summed E-state index contributed by atoms with van der Waals surface area (Å²) in [4.78, 5) is 0.0729. The summed E-state index contributed by atoms with van der Waals surface area (Å²) in [5.41, 5.74) is 2.20. The molecule has 1 nitrogen and oxygen atoms in total. The Morgan fingerprint density at radius 1 is 1.16 bits per heavy atom. The van der Waals surface area contributed by atoms with Gasteiger partial charge in [-0.25, -0.2) is 0 Å². The molecule has 100 valence electrons. The standard InChI is InChI=1S/C15H13Br2ClO/c1-2-19-12-6-3-10(4-7-12)15(17)13-8-5-11(16)9-14(13)18/h3-9,15H,2H2,1H3. The van der Waals surface area contributed by atoms with Gasteiger partial charge >= 0.3 is 0 Å². The van der Waals surface area contributed by atoms with E-state index in [4.69, 9.17) is 16.3 Å². The summed E-state index contributed by atoms with van der Waals surface area (Å²) in [5, 5.41) is 0.741. The molecule has 0 aliphatic carbocycles. The zero-order valence-corrected chi connectivity index (χ0v) is 14.3. The second kappa shape index (κ2) is 6.78. The van der Waals surface area contributed by atoms with Crippen LogP contribution in [-0.2, 0) is 0 Å². The highest BCUT2D eigenvalue weighted by Gasteiger charge is 2.14. The highest BCUT2D eigenvalue weighted by atomic mass is 79.9. The van der Waals surface area contributed by atoms with E-state index in [1.54, 1.807) is 0 Å². The van der Waals surface area contributed by atoms with Crippen molar-refractivity contribution in [2.45, 2.75) is 11.8 Å². The molecule has 0 spiro atoms. The highest BCUT2D eigenvalue weighted by Crippen LogP contribution is 2.36. The average Bonchev–Trinajstić information content (AvgIpc) is 2.39. The van der Waals surface area contributed by atoms with Crippen molar-refractivity contribution in [1.82, 2.24) is 0 Å². The summed E-state index contributed by atoms with van der Waals surface area (Å²) < 4.78 is 6.42. The number of hydrogen-bond acceptors (Lipinski definition) is 1. The van der Waals surface area contributed by atoms with Crippen molar-refractivity contribution in [3.05, 3.63) is 63.1 Å². The topological polar surface area (TPSA) is 9.23 Å². The van der Waals surface area contributed by atoms with Gasteiger partial charge in [0.2, 0.25) is 0 Å². The minimum absolute atomic E-state index is 0.0729. The fraction of sp³-hybridized carbons (Fsp3) is 0.200. The molecule has 0 aliphatic heterocycles. The molecule has 0 saturated carbocycles. The molecule has 0 saturated heterocycles. The summed E-state index contributed by atoms with van der Waals surface area (Å²) >= 11 is 13.4. The van der Waals surface area contributed by atoms with E-state index in [9.17, 15) is 0 Å². The Kier molecular flexibility index (Phi) is 5.31. The zero-order chi connectivity index (χ0) is 13.8. The number of rotatable bonds is 4. The molecule has 1 atom stereocenters. The zero-order valence-electron chi connectivity index (χ0n) is 10.4. The van der Waals surface area contributed by atoms with Gasteiger partial charge in [-0.15, -0.1) is 0 Å². The van der Waals surface area contributed by atoms with Crippen LogP contribution in [0, 0.1) is 0 Å². The lowest BCUT2D eigenvalue weighted by Gasteiger charge is -2.13. The number of alkyl halides is 1. The van der Waals surface area contributed by atoms with E-state index >= 15 is 0 Å². The third-order valence-electron chi connectivity index (χ3n) is 2.72. The van der Waals surface area contributed by atoms with Gasteiger partial charge in [0.05, 0.1) is 11.4 Å². The number of ether oxygens (including phenoxy) is 1. The molecule has 2 aromatic rings. The lowest BCUT2D eigenvalue weighted by atomic mass is 10.0. The van der Waals surface area contributed by atoms with Crippen LogP contribution in [0.4, 0.5) is 0 Å². The molecule has 19 heavy (non-hydrogen) atoms. The van der Waals surface area contributed by atoms with E-state index in [1.165, 1.54) is 0 Å². The first-order valence-electron chi connectivity index (χ1n) is 5.93. The van der Waals surface area contributed by atoms with Crippen molar-refractivity contribution in [3.8, 4) is 5.75 Å². The minimum atomic E-state index is 0.0729. The molecule has 0 bridgehead atoms. The van der Waals surface area contributed by atoms with Crippen molar-refractivity contribution in [1.29, 1.82) is 0 Å². The van der Waals surface area contributed by atoms with E-state index in [2.05, 4.69) is 31.9 Å². The summed E-state index contributed by atoms with van der Waals surface area (Å²) in [6.07, 6.45) is 0. The van der Waals surface area contributed by atoms with Crippen LogP contribution in [0.25, 0.3) is 0 Å². The molecule has 0 amide bonds. The van der Waals surface area contributed by atoms with Crippen LogP contribution in [0.5, 0.6) is 5.75 Å². The minimum Gasteiger partial charge on any atom is -0.494 e. The van der Waals surface area contributed by atoms with Gasteiger partial charge in [-0.3, -0.25) is 0 Å². The fourth-order valence-corrected chi connectivity index (χ4v) is 3.41. The van der Waals surface area contributed by atoms with E-state index in [-0.39, 0.29) is 4.83 Å². The summed E-state index contributed by atoms with van der Waals surface area (Å²) in [6.45, 7) is 2.65. The van der Waals surface area contributed by atoms with Crippen molar-refractivity contribution < 1.29 is 4.74 Å². The maximum atomic E-state index is 6.27. The highest BCUT2D eigenvalue weighted by molar-refractivity contribution is 9.10. The fourth-order valence-electron chi connectivity index (χ4n) is 1.79. The molecule has 0 radical (unpaired) electrons. The van der Waals surface area contributed by atoms with Gasteiger partial charge in [0.15, 0.2) is 0 Å². The van der Waals surface area contributed by atoms with Gasteiger partial charge in [-0.1, -0.05) is 61.7 Å². The number of benzene rings is 2. The Morgan fingerprint density at radius 2 is 1.84 bits per heavy atom. The number of halogens is 3. The van der Waals surface area contributed by atoms with E-state index < -0.39 is 0 Å². The second-order valence-electron chi connectivity index (χ2n) is 4.03. The van der Waals surface area contributed by atoms with Gasteiger partial charge in [0, 0.05) is 9.50 Å². The molecule has 4 heteroatoms. The second-order valence-corrected chi connectivity index (χ2v) is 6.27. The van der Waals surface area contributed by atoms with Gasteiger partial charge in [-0.2, -0.15) is 0 Å². The quantitative estimate of drug-likeness (QED) is 0.569. The number of hydrogen-bond donors (Lipinski definition) is 0. The van der Waals surface area contributed by atoms with E-state index in [0.29, 0.717) is 6.61 Å². The van der Waals surface area contributed by atoms with Crippen LogP contribution in [-0.4, -0.2) is 6.61 Å². The molecule has 0 aromatic heterocycles. The first-order chi connectivity index (χ1) is 9.11. The summed E-state index contributed by atoms with van der Waals surface area (Å²) in [7, 11) is 0. The Bertz CT molecular complexity index is 555. The van der Waals surface area contributed by atoms with Crippen LogP contribution < -0.4 is 4.74 Å². The Labute approximate surface area is 135 Å². The van der Waals surface area contributed by atoms with Crippen LogP contribution in [0.15, 0.2) is 46.9 Å². The molecule has 2 rings (SSSR count). The lowest BCUT2D eigenvalue weighted by Crippen LogP contribution is -1.95. The van der Waals surface area contributed by atoms with Crippen molar-refractivity contribution in [3.63, 3.8) is 0 Å². The summed E-state index contributed by atoms with van der Waals surface area (Å²) in [5.74, 6) is 0.882. The predicted molar refractivity (Wildman–Crippen MR) is 87.5 cm³/mol. The monoisotopic (exact) mass is 402 g/mol. The van der Waals surface area contributed by atoms with Crippen LogP contribution >= 0.6 is 43.5 Å². The van der Waals surface area contributed by atoms with Crippen LogP contribution in [0.3, 0.4) is 0 Å². The van der Waals surface area contributed by atoms with Crippen molar-refractivity contribution in [2.75, 3.05) is 6.61 Å². The van der Waals surface area contributed by atoms with Crippen LogP contribution in [0.2, 0.25) is 5.02 Å². The van der Waals surface area contributed by atoms with Crippen molar-refractivity contribution in [2.24, 2.45) is 0 Å². The van der Waals surface area contributed by atoms with Crippen molar-refractivity contribution >= 4 is 43.5 Å². The average molecular weight is 405 g/mol. The molecule has 0 aliphatic rings. The maximum absolute atomic E-state index is 6.27. The first-order valence-corrected chi connectivity index (χ1v) is 8.02. The summed E-state index contributed by atoms with van der Waals surface area (Å²) in [6, 6.07) is 13.9. The largest absolute Gasteiger partial charge is 0.494 e. The molecule has 0 heterocycles. The SMILES string of the molecule is CCOc1ccc(C(Br)c2ccc(Br)cc2Cl)cc1. The first kappa shape index (κ1) is 14.9. The molecular weight excluding hydrogens is 391 g/mol. The third-order valence-corrected chi connectivity index (χ3v) is 4.56. The molecule has 2 aromatic carbocycles. The predicted octanol–water partition coefficient (Wildman–Crippen LogP) is 5.99. The smallest absolute Gasteiger partial charge is 0.119 e. The van der Waals surface area contributed by atoms with Gasteiger partial charge in [0.25, 0.3) is 0 Å². The molecular formula is C15H13Br2ClO. The van der Waals surface area contributed by atoms with Gasteiger partial charge < -0.3 is 4.74 Å². The molecule has 0 fully saturated rings. The van der Waals surface area contributed by atoms with E-state index in [0.717, 1.165) is 26.4 Å².